The van der Waals surface area contributed by atoms with E-state index in [1.807, 2.05) is 24.3 Å². The average Bonchev–Trinajstić information content (AvgIpc) is 3.39. The fourth-order valence-electron chi connectivity index (χ4n) is 2.98. The number of piperidine rings is 1. The van der Waals surface area contributed by atoms with Crippen molar-refractivity contribution >= 4 is 0 Å². The van der Waals surface area contributed by atoms with E-state index in [1.165, 1.54) is 45.3 Å². The maximum absolute atomic E-state index is 5.81. The molecule has 0 radical (unpaired) electrons. The standard InChI is InChI=1S/C18H28N2O2/c1-21-17-4-6-18(7-5-17)22-13-12-20-10-8-16(9-11-20)19-14-15-2-3-15/h4-7,15-16,19H,2-3,8-14H2,1H3. The minimum Gasteiger partial charge on any atom is -0.497 e. The van der Waals surface area contributed by atoms with Gasteiger partial charge in [-0.2, -0.15) is 0 Å². The summed E-state index contributed by atoms with van der Waals surface area (Å²) in [5.74, 6) is 2.77. The van der Waals surface area contributed by atoms with Gasteiger partial charge in [-0.25, -0.2) is 0 Å². The monoisotopic (exact) mass is 304 g/mol. The summed E-state index contributed by atoms with van der Waals surface area (Å²) in [4.78, 5) is 2.51. The number of methoxy groups -OCH3 is 1. The van der Waals surface area contributed by atoms with Gasteiger partial charge in [0.05, 0.1) is 7.11 Å². The number of hydrogen-bond acceptors (Lipinski definition) is 4. The predicted molar refractivity (Wildman–Crippen MR) is 88.7 cm³/mol. The van der Waals surface area contributed by atoms with Crippen molar-refractivity contribution in [1.29, 1.82) is 0 Å². The predicted octanol–water partition coefficient (Wildman–Crippen LogP) is 2.54. The van der Waals surface area contributed by atoms with Crippen LogP contribution in [0.3, 0.4) is 0 Å². The minimum atomic E-state index is 0.736. The van der Waals surface area contributed by atoms with Gasteiger partial charge in [0.25, 0.3) is 0 Å². The SMILES string of the molecule is COc1ccc(OCCN2CCC(NCC3CC3)CC2)cc1. The highest BCUT2D eigenvalue weighted by Crippen LogP contribution is 2.28. The van der Waals surface area contributed by atoms with Crippen LogP contribution in [0.15, 0.2) is 24.3 Å². The molecule has 4 heteroatoms. The molecule has 1 saturated heterocycles. The van der Waals surface area contributed by atoms with E-state index >= 15 is 0 Å². The molecule has 0 bridgehead atoms. The van der Waals surface area contributed by atoms with Gasteiger partial charge in [0.2, 0.25) is 0 Å². The second-order valence-corrected chi connectivity index (χ2v) is 6.49. The molecule has 2 fully saturated rings. The van der Waals surface area contributed by atoms with E-state index < -0.39 is 0 Å². The Labute approximate surface area is 133 Å². The van der Waals surface area contributed by atoms with E-state index in [0.717, 1.165) is 36.6 Å². The number of nitrogens with zero attached hydrogens (tertiary/aromatic N) is 1. The molecule has 0 aromatic heterocycles. The van der Waals surface area contributed by atoms with E-state index in [-0.39, 0.29) is 0 Å². The lowest BCUT2D eigenvalue weighted by atomic mass is 10.0. The summed E-state index contributed by atoms with van der Waals surface area (Å²) >= 11 is 0. The van der Waals surface area contributed by atoms with Gasteiger partial charge >= 0.3 is 0 Å². The van der Waals surface area contributed by atoms with Crippen LogP contribution in [0, 0.1) is 5.92 Å². The first-order chi connectivity index (χ1) is 10.8. The van der Waals surface area contributed by atoms with Gasteiger partial charge in [-0.1, -0.05) is 0 Å². The largest absolute Gasteiger partial charge is 0.497 e. The Morgan fingerprint density at radius 2 is 1.73 bits per heavy atom. The molecule has 1 saturated carbocycles. The van der Waals surface area contributed by atoms with Crippen LogP contribution in [0.5, 0.6) is 11.5 Å². The molecular weight excluding hydrogens is 276 g/mol. The summed E-state index contributed by atoms with van der Waals surface area (Å²) in [6.07, 6.45) is 5.42. The Morgan fingerprint density at radius 1 is 1.05 bits per heavy atom. The van der Waals surface area contributed by atoms with Gasteiger partial charge in [-0.15, -0.1) is 0 Å². The number of hydrogen-bond donors (Lipinski definition) is 1. The maximum atomic E-state index is 5.81. The summed E-state index contributed by atoms with van der Waals surface area (Å²) < 4.78 is 11.0. The van der Waals surface area contributed by atoms with Gasteiger partial charge < -0.3 is 14.8 Å². The van der Waals surface area contributed by atoms with Crippen molar-refractivity contribution in [1.82, 2.24) is 10.2 Å². The second kappa shape index (κ2) is 7.84. The van der Waals surface area contributed by atoms with Crippen LogP contribution in [-0.4, -0.2) is 50.8 Å². The fraction of sp³-hybridized carbons (Fsp3) is 0.667. The third-order valence-electron chi connectivity index (χ3n) is 4.72. The molecule has 1 aliphatic heterocycles. The molecule has 1 aromatic carbocycles. The fourth-order valence-corrected chi connectivity index (χ4v) is 2.98. The third-order valence-corrected chi connectivity index (χ3v) is 4.72. The Kier molecular flexibility index (Phi) is 5.57. The molecule has 122 valence electrons. The average molecular weight is 304 g/mol. The lowest BCUT2D eigenvalue weighted by Gasteiger charge is -2.32. The van der Waals surface area contributed by atoms with Gasteiger partial charge in [-0.3, -0.25) is 4.90 Å². The topological polar surface area (TPSA) is 33.7 Å². The zero-order valence-electron chi connectivity index (χ0n) is 13.6. The molecule has 1 heterocycles. The maximum Gasteiger partial charge on any atom is 0.119 e. The zero-order valence-corrected chi connectivity index (χ0v) is 13.6. The van der Waals surface area contributed by atoms with Crippen LogP contribution < -0.4 is 14.8 Å². The van der Waals surface area contributed by atoms with Crippen molar-refractivity contribution in [3.05, 3.63) is 24.3 Å². The van der Waals surface area contributed by atoms with Crippen molar-refractivity contribution in [2.75, 3.05) is 39.9 Å². The smallest absolute Gasteiger partial charge is 0.119 e. The second-order valence-electron chi connectivity index (χ2n) is 6.49. The first-order valence-corrected chi connectivity index (χ1v) is 8.56. The van der Waals surface area contributed by atoms with Crippen LogP contribution in [0.25, 0.3) is 0 Å². The molecular formula is C18H28N2O2. The highest BCUT2D eigenvalue weighted by atomic mass is 16.5. The summed E-state index contributed by atoms with van der Waals surface area (Å²) in [5, 5.41) is 3.73. The van der Waals surface area contributed by atoms with Gasteiger partial charge in [0, 0.05) is 12.6 Å². The Hall–Kier alpha value is -1.26. The molecule has 0 spiro atoms. The third kappa shape index (κ3) is 4.89. The highest BCUT2D eigenvalue weighted by molar-refractivity contribution is 5.31. The van der Waals surface area contributed by atoms with E-state index in [0.29, 0.717) is 0 Å². The summed E-state index contributed by atoms with van der Waals surface area (Å²) in [6, 6.07) is 8.54. The van der Waals surface area contributed by atoms with E-state index in [1.54, 1.807) is 7.11 Å². The van der Waals surface area contributed by atoms with Crippen molar-refractivity contribution in [3.63, 3.8) is 0 Å². The number of likely N-dealkylation sites (tertiary alicyclic amines) is 1. The Bertz CT molecular complexity index is 437. The summed E-state index contributed by atoms with van der Waals surface area (Å²) in [6.45, 7) is 5.39. The number of benzene rings is 1. The van der Waals surface area contributed by atoms with Crippen LogP contribution in [0.2, 0.25) is 0 Å². The highest BCUT2D eigenvalue weighted by Gasteiger charge is 2.24. The van der Waals surface area contributed by atoms with Gasteiger partial charge in [-0.05, 0) is 75.5 Å². The molecule has 4 nitrogen and oxygen atoms in total. The van der Waals surface area contributed by atoms with Crippen molar-refractivity contribution < 1.29 is 9.47 Å². The molecule has 3 rings (SSSR count). The van der Waals surface area contributed by atoms with E-state index in [4.69, 9.17) is 9.47 Å². The molecule has 0 unspecified atom stereocenters. The molecule has 0 amide bonds. The van der Waals surface area contributed by atoms with Crippen LogP contribution >= 0.6 is 0 Å². The quantitative estimate of drug-likeness (QED) is 0.800. The minimum absolute atomic E-state index is 0.736. The summed E-state index contributed by atoms with van der Waals surface area (Å²) in [5.41, 5.74) is 0. The van der Waals surface area contributed by atoms with Crippen molar-refractivity contribution in [2.24, 2.45) is 5.92 Å². The van der Waals surface area contributed by atoms with Crippen molar-refractivity contribution in [2.45, 2.75) is 31.7 Å². The normalized spacial score (nSPS) is 20.0. The molecule has 0 atom stereocenters. The number of rotatable bonds is 8. The van der Waals surface area contributed by atoms with Crippen LogP contribution in [0.4, 0.5) is 0 Å². The van der Waals surface area contributed by atoms with E-state index in [9.17, 15) is 0 Å². The molecule has 1 aliphatic carbocycles. The lowest BCUT2D eigenvalue weighted by Crippen LogP contribution is -2.44. The number of nitrogens with one attached hydrogen (secondary N) is 1. The first kappa shape index (κ1) is 15.6. The Morgan fingerprint density at radius 3 is 2.36 bits per heavy atom. The number of ether oxygens (including phenoxy) is 2. The molecule has 22 heavy (non-hydrogen) atoms. The van der Waals surface area contributed by atoms with Crippen molar-refractivity contribution in [3.8, 4) is 11.5 Å². The Balaban J connectivity index is 1.29. The molecule has 1 N–H and O–H groups in total. The van der Waals surface area contributed by atoms with E-state index in [2.05, 4.69) is 10.2 Å². The molecule has 1 aromatic rings. The lowest BCUT2D eigenvalue weighted by molar-refractivity contribution is 0.164. The van der Waals surface area contributed by atoms with Gasteiger partial charge in [0.15, 0.2) is 0 Å². The van der Waals surface area contributed by atoms with Gasteiger partial charge in [0.1, 0.15) is 18.1 Å². The summed E-state index contributed by atoms with van der Waals surface area (Å²) in [7, 11) is 1.68. The first-order valence-electron chi connectivity index (χ1n) is 8.56. The van der Waals surface area contributed by atoms with Crippen LogP contribution in [0.1, 0.15) is 25.7 Å². The zero-order chi connectivity index (χ0) is 15.2. The van der Waals surface area contributed by atoms with Crippen LogP contribution in [-0.2, 0) is 0 Å². The molecule has 2 aliphatic rings.